The summed E-state index contributed by atoms with van der Waals surface area (Å²) in [6, 6.07) is 5.82. The third kappa shape index (κ3) is 4.20. The lowest BCUT2D eigenvalue weighted by Crippen LogP contribution is -2.35. The summed E-state index contributed by atoms with van der Waals surface area (Å²) < 4.78 is 13.4. The second-order valence-corrected chi connectivity index (χ2v) is 7.87. The zero-order valence-electron chi connectivity index (χ0n) is 15.9. The van der Waals surface area contributed by atoms with Crippen LogP contribution < -0.4 is 10.6 Å². The fourth-order valence-corrected chi connectivity index (χ4v) is 4.01. The minimum Gasteiger partial charge on any atom is -0.356 e. The molecule has 0 unspecified atom stereocenters. The number of nitrogens with zero attached hydrogens (tertiary/aromatic N) is 3. The monoisotopic (exact) mass is 395 g/mol. The van der Waals surface area contributed by atoms with E-state index in [1.54, 1.807) is 17.5 Å². The highest BCUT2D eigenvalue weighted by Crippen LogP contribution is 2.27. The highest BCUT2D eigenvalue weighted by atomic mass is 32.1. The molecule has 0 aliphatic carbocycles. The van der Waals surface area contributed by atoms with Gasteiger partial charge in [-0.2, -0.15) is 0 Å². The van der Waals surface area contributed by atoms with E-state index in [4.69, 9.17) is 0 Å². The van der Waals surface area contributed by atoms with Crippen LogP contribution in [-0.2, 0) is 6.42 Å². The summed E-state index contributed by atoms with van der Waals surface area (Å²) >= 11 is 1.59. The van der Waals surface area contributed by atoms with E-state index < -0.39 is 0 Å². The van der Waals surface area contributed by atoms with Crippen LogP contribution in [0.4, 0.5) is 10.1 Å². The van der Waals surface area contributed by atoms with Gasteiger partial charge in [-0.3, -0.25) is 9.98 Å². The average molecular weight is 396 g/mol. The first-order valence-corrected chi connectivity index (χ1v) is 10.2. The lowest BCUT2D eigenvalue weighted by Gasteiger charge is -2.18. The number of hydrogen-bond donors (Lipinski definition) is 2. The van der Waals surface area contributed by atoms with Crippen LogP contribution in [0, 0.1) is 19.7 Å². The van der Waals surface area contributed by atoms with E-state index in [1.807, 2.05) is 5.38 Å². The molecule has 144 valence electrons. The standard InChI is InChI=1S/C21H22FN5S/c1-13-7-18(27-21-24-4-3-5-25-21)14(2)6-15(13)9-20-26-19(12-28-20)16-8-17(22)11-23-10-16/h6-8,10-12H,3-5,9H2,1-2H3,(H2,24,25,27). The number of halogens is 1. The molecule has 0 fully saturated rings. The van der Waals surface area contributed by atoms with Crippen LogP contribution in [0.25, 0.3) is 11.3 Å². The van der Waals surface area contributed by atoms with Crippen molar-refractivity contribution in [2.45, 2.75) is 26.7 Å². The fourth-order valence-electron chi connectivity index (χ4n) is 3.18. The number of hydrogen-bond acceptors (Lipinski definition) is 6. The van der Waals surface area contributed by atoms with E-state index in [-0.39, 0.29) is 5.82 Å². The van der Waals surface area contributed by atoms with Gasteiger partial charge in [-0.05, 0) is 49.1 Å². The molecule has 0 radical (unpaired) electrons. The van der Waals surface area contributed by atoms with E-state index in [1.165, 1.54) is 29.0 Å². The molecule has 0 amide bonds. The summed E-state index contributed by atoms with van der Waals surface area (Å²) in [5, 5.41) is 9.64. The molecule has 7 heteroatoms. The molecule has 1 aromatic carbocycles. The van der Waals surface area contributed by atoms with Gasteiger partial charge in [0.25, 0.3) is 0 Å². The largest absolute Gasteiger partial charge is 0.356 e. The number of aromatic nitrogens is 2. The van der Waals surface area contributed by atoms with E-state index in [2.05, 4.69) is 51.6 Å². The highest BCUT2D eigenvalue weighted by molar-refractivity contribution is 7.10. The van der Waals surface area contributed by atoms with Gasteiger partial charge >= 0.3 is 0 Å². The molecule has 1 aliphatic rings. The molecule has 0 spiro atoms. The lowest BCUT2D eigenvalue weighted by atomic mass is 10.0. The Balaban J connectivity index is 1.52. The predicted octanol–water partition coefficient (Wildman–Crippen LogP) is 4.31. The van der Waals surface area contributed by atoms with Crippen molar-refractivity contribution >= 4 is 23.0 Å². The van der Waals surface area contributed by atoms with Crippen molar-refractivity contribution in [1.29, 1.82) is 0 Å². The van der Waals surface area contributed by atoms with Crippen molar-refractivity contribution in [3.63, 3.8) is 0 Å². The topological polar surface area (TPSA) is 62.2 Å². The van der Waals surface area contributed by atoms with Crippen LogP contribution in [-0.4, -0.2) is 29.0 Å². The molecular weight excluding hydrogens is 373 g/mol. The Labute approximate surface area is 167 Å². The van der Waals surface area contributed by atoms with Gasteiger partial charge in [-0.15, -0.1) is 11.3 Å². The molecule has 0 bridgehead atoms. The number of aliphatic imine (C=N–C) groups is 1. The summed E-state index contributed by atoms with van der Waals surface area (Å²) in [4.78, 5) is 13.1. The van der Waals surface area contributed by atoms with Crippen LogP contribution in [0.15, 0.2) is 41.0 Å². The van der Waals surface area contributed by atoms with Crippen LogP contribution >= 0.6 is 11.3 Å². The smallest absolute Gasteiger partial charge is 0.195 e. The Morgan fingerprint density at radius 1 is 1.18 bits per heavy atom. The molecule has 0 saturated heterocycles. The molecule has 0 saturated carbocycles. The molecule has 5 nitrogen and oxygen atoms in total. The third-order valence-electron chi connectivity index (χ3n) is 4.73. The van der Waals surface area contributed by atoms with Crippen molar-refractivity contribution in [2.24, 2.45) is 4.99 Å². The minimum absolute atomic E-state index is 0.348. The van der Waals surface area contributed by atoms with Crippen LogP contribution in [0.1, 0.15) is 28.1 Å². The van der Waals surface area contributed by atoms with Gasteiger partial charge in [0.1, 0.15) is 5.82 Å². The van der Waals surface area contributed by atoms with Crippen molar-refractivity contribution in [1.82, 2.24) is 15.3 Å². The number of pyridine rings is 1. The molecule has 28 heavy (non-hydrogen) atoms. The minimum atomic E-state index is -0.348. The molecule has 1 aliphatic heterocycles. The maximum absolute atomic E-state index is 13.4. The number of thiazole rings is 1. The number of guanidine groups is 1. The Morgan fingerprint density at radius 2 is 2.07 bits per heavy atom. The maximum Gasteiger partial charge on any atom is 0.195 e. The summed E-state index contributed by atoms with van der Waals surface area (Å²) in [7, 11) is 0. The summed E-state index contributed by atoms with van der Waals surface area (Å²) in [6.45, 7) is 6.02. The fraction of sp³-hybridized carbons (Fsp3) is 0.286. The maximum atomic E-state index is 13.4. The third-order valence-corrected chi connectivity index (χ3v) is 5.58. The number of aryl methyl sites for hydroxylation is 2. The number of rotatable bonds is 4. The van der Waals surface area contributed by atoms with Crippen molar-refractivity contribution in [3.8, 4) is 11.3 Å². The van der Waals surface area contributed by atoms with Gasteiger partial charge < -0.3 is 10.6 Å². The van der Waals surface area contributed by atoms with E-state index >= 15 is 0 Å². The average Bonchev–Trinajstić information content (AvgIpc) is 3.15. The second kappa shape index (κ2) is 8.06. The van der Waals surface area contributed by atoms with Crippen LogP contribution in [0.3, 0.4) is 0 Å². The second-order valence-electron chi connectivity index (χ2n) is 6.92. The number of benzene rings is 1. The Kier molecular flexibility index (Phi) is 5.34. The molecule has 3 aromatic rings. The van der Waals surface area contributed by atoms with E-state index in [0.29, 0.717) is 5.56 Å². The van der Waals surface area contributed by atoms with Gasteiger partial charge in [-0.1, -0.05) is 6.07 Å². The number of anilines is 1. The first-order valence-electron chi connectivity index (χ1n) is 9.29. The molecule has 3 heterocycles. The first kappa shape index (κ1) is 18.6. The van der Waals surface area contributed by atoms with Gasteiger partial charge in [0, 0.05) is 42.3 Å². The lowest BCUT2D eigenvalue weighted by molar-refractivity contribution is 0.622. The first-order chi connectivity index (χ1) is 13.6. The summed E-state index contributed by atoms with van der Waals surface area (Å²) in [6.07, 6.45) is 4.66. The molecule has 2 aromatic heterocycles. The zero-order chi connectivity index (χ0) is 19.5. The van der Waals surface area contributed by atoms with Crippen molar-refractivity contribution < 1.29 is 4.39 Å². The Hall–Kier alpha value is -2.80. The van der Waals surface area contributed by atoms with Crippen LogP contribution in [0.5, 0.6) is 0 Å². The van der Waals surface area contributed by atoms with Crippen LogP contribution in [0.2, 0.25) is 0 Å². The van der Waals surface area contributed by atoms with Gasteiger partial charge in [0.15, 0.2) is 5.96 Å². The van der Waals surface area contributed by atoms with Gasteiger partial charge in [0.2, 0.25) is 0 Å². The molecular formula is C21H22FN5S. The normalized spacial score (nSPS) is 13.8. The SMILES string of the molecule is Cc1cc(NC2=NCCCN2)c(C)cc1Cc1nc(-c2cncc(F)c2)cs1. The molecule has 2 N–H and O–H groups in total. The Morgan fingerprint density at radius 3 is 2.86 bits per heavy atom. The quantitative estimate of drug-likeness (QED) is 0.691. The summed E-state index contributed by atoms with van der Waals surface area (Å²) in [5.41, 5.74) is 6.15. The van der Waals surface area contributed by atoms with Crippen molar-refractivity contribution in [2.75, 3.05) is 18.4 Å². The zero-order valence-corrected chi connectivity index (χ0v) is 16.7. The predicted molar refractivity (Wildman–Crippen MR) is 113 cm³/mol. The Bertz CT molecular complexity index is 1030. The van der Waals surface area contributed by atoms with Gasteiger partial charge in [-0.25, -0.2) is 9.37 Å². The number of nitrogens with one attached hydrogen (secondary N) is 2. The van der Waals surface area contributed by atoms with Crippen molar-refractivity contribution in [3.05, 3.63) is 63.5 Å². The van der Waals surface area contributed by atoms with E-state index in [0.717, 1.165) is 48.3 Å². The molecule has 0 atom stereocenters. The highest BCUT2D eigenvalue weighted by Gasteiger charge is 2.12. The van der Waals surface area contributed by atoms with E-state index in [9.17, 15) is 4.39 Å². The molecule has 4 rings (SSSR count). The summed E-state index contributed by atoms with van der Waals surface area (Å²) in [5.74, 6) is 0.494. The van der Waals surface area contributed by atoms with Gasteiger partial charge in [0.05, 0.1) is 16.9 Å².